The van der Waals surface area contributed by atoms with Crippen LogP contribution in [0.1, 0.15) is 20.3 Å². The lowest BCUT2D eigenvalue weighted by Crippen LogP contribution is -2.34. The van der Waals surface area contributed by atoms with Crippen LogP contribution in [0.3, 0.4) is 0 Å². The lowest BCUT2D eigenvalue weighted by molar-refractivity contribution is -0.177. The van der Waals surface area contributed by atoms with E-state index in [2.05, 4.69) is 19.8 Å². The van der Waals surface area contributed by atoms with E-state index < -0.39 is 6.29 Å². The van der Waals surface area contributed by atoms with Gasteiger partial charge in [0.1, 0.15) is 0 Å². The van der Waals surface area contributed by atoms with Crippen molar-refractivity contribution in [2.75, 3.05) is 13.2 Å². The van der Waals surface area contributed by atoms with Crippen LogP contribution in [0.5, 0.6) is 0 Å². The van der Waals surface area contributed by atoms with Crippen molar-refractivity contribution in [3.8, 4) is 12.3 Å². The van der Waals surface area contributed by atoms with Crippen molar-refractivity contribution in [2.45, 2.75) is 26.6 Å². The molecule has 0 aliphatic carbocycles. The molecular weight excluding hydrogens is 152 g/mol. The maximum atomic E-state index is 5.30. The van der Waals surface area contributed by atoms with Crippen LogP contribution in [0.2, 0.25) is 0 Å². The highest BCUT2D eigenvalue weighted by Crippen LogP contribution is 2.20. The zero-order valence-electron chi connectivity index (χ0n) is 7.75. The van der Waals surface area contributed by atoms with Gasteiger partial charge in [-0.25, -0.2) is 0 Å². The smallest absolute Gasteiger partial charge is 0.222 e. The molecule has 0 N–H and O–H groups in total. The standard InChI is InChI=1S/C10H16O2/c1-4-8(3)9-6-11-10(5-2)12-7-9/h2,8-10H,4,6-7H2,1,3H3. The van der Waals surface area contributed by atoms with Gasteiger partial charge < -0.3 is 9.47 Å². The van der Waals surface area contributed by atoms with Crippen molar-refractivity contribution in [3.63, 3.8) is 0 Å². The first-order valence-electron chi connectivity index (χ1n) is 4.47. The van der Waals surface area contributed by atoms with Crippen molar-refractivity contribution in [2.24, 2.45) is 11.8 Å². The van der Waals surface area contributed by atoms with Gasteiger partial charge in [0.15, 0.2) is 0 Å². The van der Waals surface area contributed by atoms with E-state index in [1.165, 1.54) is 0 Å². The Hall–Kier alpha value is -0.520. The van der Waals surface area contributed by atoms with E-state index in [1.54, 1.807) is 0 Å². The predicted molar refractivity (Wildman–Crippen MR) is 47.5 cm³/mol. The normalized spacial score (nSPS) is 32.4. The van der Waals surface area contributed by atoms with Crippen molar-refractivity contribution < 1.29 is 9.47 Å². The van der Waals surface area contributed by atoms with Crippen LogP contribution in [0.15, 0.2) is 0 Å². The molecule has 0 saturated carbocycles. The van der Waals surface area contributed by atoms with Gasteiger partial charge in [-0.15, -0.1) is 6.42 Å². The van der Waals surface area contributed by atoms with E-state index in [1.807, 2.05) is 0 Å². The highest BCUT2D eigenvalue weighted by atomic mass is 16.7. The van der Waals surface area contributed by atoms with Crippen LogP contribution >= 0.6 is 0 Å². The highest BCUT2D eigenvalue weighted by molar-refractivity contribution is 4.90. The van der Waals surface area contributed by atoms with Crippen LogP contribution in [0.25, 0.3) is 0 Å². The first-order chi connectivity index (χ1) is 5.77. The van der Waals surface area contributed by atoms with Crippen LogP contribution in [0, 0.1) is 24.2 Å². The van der Waals surface area contributed by atoms with Crippen molar-refractivity contribution in [3.05, 3.63) is 0 Å². The summed E-state index contributed by atoms with van der Waals surface area (Å²) < 4.78 is 10.6. The molecule has 1 atom stereocenters. The summed E-state index contributed by atoms with van der Waals surface area (Å²) in [7, 11) is 0. The van der Waals surface area contributed by atoms with Crippen LogP contribution in [-0.2, 0) is 9.47 Å². The first kappa shape index (κ1) is 9.57. The minimum absolute atomic E-state index is 0.412. The topological polar surface area (TPSA) is 18.5 Å². The molecular formula is C10H16O2. The Morgan fingerprint density at radius 3 is 2.50 bits per heavy atom. The Labute approximate surface area is 74.2 Å². The van der Waals surface area contributed by atoms with Crippen LogP contribution in [0.4, 0.5) is 0 Å². The molecule has 1 rings (SSSR count). The molecule has 1 heterocycles. The maximum Gasteiger partial charge on any atom is 0.222 e. The second kappa shape index (κ2) is 4.49. The molecule has 1 saturated heterocycles. The minimum Gasteiger partial charge on any atom is -0.342 e. The van der Waals surface area contributed by atoms with Crippen molar-refractivity contribution in [1.29, 1.82) is 0 Å². The number of hydrogen-bond acceptors (Lipinski definition) is 2. The first-order valence-corrected chi connectivity index (χ1v) is 4.47. The van der Waals surface area contributed by atoms with Gasteiger partial charge >= 0.3 is 0 Å². The number of ether oxygens (including phenoxy) is 2. The molecule has 1 aliphatic rings. The van der Waals surface area contributed by atoms with Gasteiger partial charge in [0.2, 0.25) is 6.29 Å². The Morgan fingerprint density at radius 2 is 2.08 bits per heavy atom. The largest absolute Gasteiger partial charge is 0.342 e. The average Bonchev–Trinajstić information content (AvgIpc) is 2.17. The Morgan fingerprint density at radius 1 is 1.50 bits per heavy atom. The average molecular weight is 168 g/mol. The zero-order chi connectivity index (χ0) is 8.97. The van der Waals surface area contributed by atoms with Gasteiger partial charge in [-0.3, -0.25) is 0 Å². The third-order valence-corrected chi connectivity index (χ3v) is 2.51. The zero-order valence-corrected chi connectivity index (χ0v) is 7.75. The van der Waals surface area contributed by atoms with Gasteiger partial charge in [0, 0.05) is 5.92 Å². The molecule has 12 heavy (non-hydrogen) atoms. The molecule has 0 radical (unpaired) electrons. The van der Waals surface area contributed by atoms with E-state index in [0.717, 1.165) is 19.6 Å². The molecule has 0 aromatic rings. The molecule has 1 fully saturated rings. The summed E-state index contributed by atoms with van der Waals surface area (Å²) in [5.74, 6) is 3.61. The van der Waals surface area contributed by atoms with Gasteiger partial charge in [0.25, 0.3) is 0 Å². The van der Waals surface area contributed by atoms with Gasteiger partial charge in [-0.1, -0.05) is 20.3 Å². The minimum atomic E-state index is -0.412. The highest BCUT2D eigenvalue weighted by Gasteiger charge is 2.24. The van der Waals surface area contributed by atoms with Crippen molar-refractivity contribution in [1.82, 2.24) is 0 Å². The summed E-state index contributed by atoms with van der Waals surface area (Å²) in [5.41, 5.74) is 0. The van der Waals surface area contributed by atoms with E-state index in [4.69, 9.17) is 15.9 Å². The number of rotatable bonds is 2. The second-order valence-electron chi connectivity index (χ2n) is 3.31. The maximum absolute atomic E-state index is 5.30. The SMILES string of the molecule is C#CC1OCC(C(C)CC)CO1. The van der Waals surface area contributed by atoms with Gasteiger partial charge in [-0.2, -0.15) is 0 Å². The van der Waals surface area contributed by atoms with E-state index in [-0.39, 0.29) is 0 Å². The lowest BCUT2D eigenvalue weighted by Gasteiger charge is -2.30. The van der Waals surface area contributed by atoms with Gasteiger partial charge in [-0.05, 0) is 11.8 Å². The fraction of sp³-hybridized carbons (Fsp3) is 0.800. The third-order valence-electron chi connectivity index (χ3n) is 2.51. The lowest BCUT2D eigenvalue weighted by atomic mass is 9.93. The van der Waals surface area contributed by atoms with E-state index in [9.17, 15) is 0 Å². The second-order valence-corrected chi connectivity index (χ2v) is 3.31. The number of hydrogen-bond donors (Lipinski definition) is 0. The molecule has 0 spiro atoms. The molecule has 0 aromatic heterocycles. The summed E-state index contributed by atoms with van der Waals surface area (Å²) in [6.07, 6.45) is 5.91. The molecule has 2 nitrogen and oxygen atoms in total. The summed E-state index contributed by atoms with van der Waals surface area (Å²) in [4.78, 5) is 0. The summed E-state index contributed by atoms with van der Waals surface area (Å²) >= 11 is 0. The molecule has 0 amide bonds. The fourth-order valence-electron chi connectivity index (χ4n) is 1.28. The van der Waals surface area contributed by atoms with Crippen LogP contribution < -0.4 is 0 Å². The van der Waals surface area contributed by atoms with Gasteiger partial charge in [0.05, 0.1) is 13.2 Å². The van der Waals surface area contributed by atoms with Crippen molar-refractivity contribution >= 4 is 0 Å². The van der Waals surface area contributed by atoms with E-state index in [0.29, 0.717) is 11.8 Å². The predicted octanol–water partition coefficient (Wildman–Crippen LogP) is 1.65. The molecule has 68 valence electrons. The van der Waals surface area contributed by atoms with E-state index >= 15 is 0 Å². The summed E-state index contributed by atoms with van der Waals surface area (Å²) in [6.45, 7) is 5.87. The third kappa shape index (κ3) is 2.23. The monoisotopic (exact) mass is 168 g/mol. The Kier molecular flexibility index (Phi) is 3.58. The molecule has 1 aliphatic heterocycles. The fourth-order valence-corrected chi connectivity index (χ4v) is 1.28. The Balaban J connectivity index is 2.31. The summed E-state index contributed by atoms with van der Waals surface area (Å²) in [6, 6.07) is 0. The number of terminal acetylenes is 1. The van der Waals surface area contributed by atoms with Crippen LogP contribution in [-0.4, -0.2) is 19.5 Å². The quantitative estimate of drug-likeness (QED) is 0.584. The molecule has 1 unspecified atom stereocenters. The molecule has 0 aromatic carbocycles. The Bertz CT molecular complexity index is 163. The molecule has 0 bridgehead atoms. The summed E-state index contributed by atoms with van der Waals surface area (Å²) in [5, 5.41) is 0. The molecule has 2 heteroatoms.